The zero-order valence-corrected chi connectivity index (χ0v) is 6.88. The Kier molecular flexibility index (Phi) is 2.00. The summed E-state index contributed by atoms with van der Waals surface area (Å²) in [6.45, 7) is 0. The zero-order chi connectivity index (χ0) is 9.26. The fourth-order valence-electron chi connectivity index (χ4n) is 1.24. The molecule has 13 heavy (non-hydrogen) atoms. The number of hydrogen-bond acceptors (Lipinski definition) is 3. The highest BCUT2D eigenvalue weighted by Gasteiger charge is 2.12. The van der Waals surface area contributed by atoms with E-state index in [-0.39, 0.29) is 5.59 Å². The molecule has 2 rings (SSSR count). The Morgan fingerprint density at radius 1 is 1.08 bits per heavy atom. The van der Waals surface area contributed by atoms with Gasteiger partial charge in [-0.2, -0.15) is 0 Å². The monoisotopic (exact) mass is 173 g/mol. The van der Waals surface area contributed by atoms with Crippen LogP contribution in [0.25, 0.3) is 10.8 Å². The third-order valence-corrected chi connectivity index (χ3v) is 1.92. The van der Waals surface area contributed by atoms with Crippen LogP contribution in [-0.2, 0) is 0 Å². The van der Waals surface area contributed by atoms with Gasteiger partial charge in [0.25, 0.3) is 0 Å². The molecule has 1 aromatic heterocycles. The summed E-state index contributed by atoms with van der Waals surface area (Å²) in [6, 6.07) is 9.31. The molecule has 0 aliphatic carbocycles. The van der Waals surface area contributed by atoms with Crippen molar-refractivity contribution >= 4 is 23.5 Å². The van der Waals surface area contributed by atoms with Gasteiger partial charge in [0.1, 0.15) is 0 Å². The van der Waals surface area contributed by atoms with Gasteiger partial charge in [-0.3, -0.25) is 4.98 Å². The van der Waals surface area contributed by atoms with Crippen LogP contribution in [-0.4, -0.2) is 22.2 Å². The highest BCUT2D eigenvalue weighted by atomic mass is 16.4. The normalized spacial score (nSPS) is 10.3. The fourth-order valence-corrected chi connectivity index (χ4v) is 1.24. The largest absolute Gasteiger partial charge is 0.508 e. The molecule has 2 N–H and O–H groups in total. The maximum Gasteiger partial charge on any atom is 0.508 e. The molecule has 0 saturated carbocycles. The maximum atomic E-state index is 8.88. The highest BCUT2D eigenvalue weighted by Crippen LogP contribution is 2.09. The van der Waals surface area contributed by atoms with E-state index in [4.69, 9.17) is 10.0 Å². The van der Waals surface area contributed by atoms with Crippen LogP contribution in [0.15, 0.2) is 36.5 Å². The standard InChI is InChI=1S/C9H8BNO2/c12-10(13)9-5-7-3-1-2-4-8(7)6-11-9/h1-6,12-13H. The Labute approximate surface area is 75.8 Å². The molecule has 0 atom stereocenters. The average Bonchev–Trinajstić information content (AvgIpc) is 2.17. The SMILES string of the molecule is OB(O)c1cc2ccccc2cn1. The molecule has 0 amide bonds. The van der Waals surface area contributed by atoms with Crippen molar-refractivity contribution < 1.29 is 10.0 Å². The number of fused-ring (bicyclic) bond motifs is 1. The lowest BCUT2D eigenvalue weighted by molar-refractivity contribution is 0.424. The van der Waals surface area contributed by atoms with E-state index in [2.05, 4.69) is 4.98 Å². The molecular formula is C9H8BNO2. The van der Waals surface area contributed by atoms with Gasteiger partial charge in [-0.15, -0.1) is 0 Å². The van der Waals surface area contributed by atoms with Crippen molar-refractivity contribution in [1.29, 1.82) is 0 Å². The number of rotatable bonds is 1. The van der Waals surface area contributed by atoms with Gasteiger partial charge in [-0.05, 0) is 16.8 Å². The van der Waals surface area contributed by atoms with E-state index in [1.807, 2.05) is 24.3 Å². The lowest BCUT2D eigenvalue weighted by atomic mass is 9.85. The topological polar surface area (TPSA) is 53.4 Å². The first-order chi connectivity index (χ1) is 6.27. The minimum atomic E-state index is -1.50. The van der Waals surface area contributed by atoms with Crippen molar-refractivity contribution in [3.05, 3.63) is 36.5 Å². The van der Waals surface area contributed by atoms with Crippen molar-refractivity contribution in [2.75, 3.05) is 0 Å². The van der Waals surface area contributed by atoms with Crippen LogP contribution in [0.3, 0.4) is 0 Å². The van der Waals surface area contributed by atoms with Crippen molar-refractivity contribution in [2.24, 2.45) is 0 Å². The van der Waals surface area contributed by atoms with Gasteiger partial charge < -0.3 is 10.0 Å². The van der Waals surface area contributed by atoms with Gasteiger partial charge in [0.15, 0.2) is 0 Å². The maximum absolute atomic E-state index is 8.88. The average molecular weight is 173 g/mol. The number of benzene rings is 1. The van der Waals surface area contributed by atoms with Crippen molar-refractivity contribution in [1.82, 2.24) is 4.98 Å². The van der Waals surface area contributed by atoms with Crippen LogP contribution in [0.1, 0.15) is 0 Å². The first-order valence-electron chi connectivity index (χ1n) is 3.98. The van der Waals surface area contributed by atoms with Gasteiger partial charge in [-0.1, -0.05) is 24.3 Å². The molecule has 0 aliphatic rings. The van der Waals surface area contributed by atoms with Gasteiger partial charge in [0.05, 0.1) is 5.59 Å². The van der Waals surface area contributed by atoms with Crippen LogP contribution in [0, 0.1) is 0 Å². The second-order valence-electron chi connectivity index (χ2n) is 2.83. The van der Waals surface area contributed by atoms with Gasteiger partial charge in [0.2, 0.25) is 0 Å². The fraction of sp³-hybridized carbons (Fsp3) is 0. The van der Waals surface area contributed by atoms with E-state index in [0.29, 0.717) is 0 Å². The lowest BCUT2D eigenvalue weighted by Crippen LogP contribution is -2.32. The van der Waals surface area contributed by atoms with Gasteiger partial charge in [0, 0.05) is 6.20 Å². The van der Waals surface area contributed by atoms with Gasteiger partial charge in [-0.25, -0.2) is 0 Å². The van der Waals surface area contributed by atoms with E-state index in [1.54, 1.807) is 12.3 Å². The molecule has 4 heteroatoms. The predicted octanol–water partition coefficient (Wildman–Crippen LogP) is -0.0854. The number of aromatic nitrogens is 1. The summed E-state index contributed by atoms with van der Waals surface area (Å²) in [7, 11) is -1.50. The molecule has 0 bridgehead atoms. The lowest BCUT2D eigenvalue weighted by Gasteiger charge is -2.00. The van der Waals surface area contributed by atoms with E-state index >= 15 is 0 Å². The minimum Gasteiger partial charge on any atom is -0.422 e. The second-order valence-corrected chi connectivity index (χ2v) is 2.83. The molecule has 1 heterocycles. The Hall–Kier alpha value is -1.39. The Balaban J connectivity index is 2.62. The zero-order valence-electron chi connectivity index (χ0n) is 6.88. The summed E-state index contributed by atoms with van der Waals surface area (Å²) < 4.78 is 0. The van der Waals surface area contributed by atoms with Crippen LogP contribution in [0.4, 0.5) is 0 Å². The molecule has 2 aromatic rings. The smallest absolute Gasteiger partial charge is 0.422 e. The first-order valence-corrected chi connectivity index (χ1v) is 3.98. The van der Waals surface area contributed by atoms with Gasteiger partial charge >= 0.3 is 7.12 Å². The summed E-state index contributed by atoms with van der Waals surface area (Å²) >= 11 is 0. The van der Waals surface area contributed by atoms with E-state index in [1.165, 1.54) is 0 Å². The molecule has 0 radical (unpaired) electrons. The highest BCUT2D eigenvalue weighted by molar-refractivity contribution is 6.57. The van der Waals surface area contributed by atoms with Crippen molar-refractivity contribution in [3.8, 4) is 0 Å². The molecule has 1 aromatic carbocycles. The quantitative estimate of drug-likeness (QED) is 0.592. The molecule has 0 fully saturated rings. The summed E-state index contributed by atoms with van der Waals surface area (Å²) in [5, 5.41) is 19.7. The van der Waals surface area contributed by atoms with Crippen LogP contribution in [0.2, 0.25) is 0 Å². The predicted molar refractivity (Wildman–Crippen MR) is 51.6 cm³/mol. The molecule has 3 nitrogen and oxygen atoms in total. The number of pyridine rings is 1. The van der Waals surface area contributed by atoms with Crippen LogP contribution < -0.4 is 5.59 Å². The Morgan fingerprint density at radius 2 is 1.77 bits per heavy atom. The molecule has 64 valence electrons. The minimum absolute atomic E-state index is 0.277. The van der Waals surface area contributed by atoms with Crippen LogP contribution in [0.5, 0.6) is 0 Å². The third kappa shape index (κ3) is 1.54. The molecular weight excluding hydrogens is 165 g/mol. The third-order valence-electron chi connectivity index (χ3n) is 1.92. The molecule has 0 aliphatic heterocycles. The molecule has 0 spiro atoms. The van der Waals surface area contributed by atoms with Crippen molar-refractivity contribution in [2.45, 2.75) is 0 Å². The number of hydrogen-bond donors (Lipinski definition) is 2. The van der Waals surface area contributed by atoms with E-state index in [0.717, 1.165) is 10.8 Å². The summed E-state index contributed by atoms with van der Waals surface area (Å²) in [6.07, 6.45) is 1.63. The number of nitrogens with zero attached hydrogens (tertiary/aromatic N) is 1. The van der Waals surface area contributed by atoms with E-state index < -0.39 is 7.12 Å². The molecule has 0 saturated heterocycles. The van der Waals surface area contributed by atoms with Crippen molar-refractivity contribution in [3.63, 3.8) is 0 Å². The van der Waals surface area contributed by atoms with E-state index in [9.17, 15) is 0 Å². The molecule has 0 unspecified atom stereocenters. The summed E-state index contributed by atoms with van der Waals surface area (Å²) in [5.74, 6) is 0. The first kappa shape index (κ1) is 8.22. The summed E-state index contributed by atoms with van der Waals surface area (Å²) in [5.41, 5.74) is 0.277. The summed E-state index contributed by atoms with van der Waals surface area (Å²) in [4.78, 5) is 3.91. The Morgan fingerprint density at radius 3 is 2.46 bits per heavy atom. The Bertz CT molecular complexity index is 431. The van der Waals surface area contributed by atoms with Crippen LogP contribution >= 0.6 is 0 Å². The second kappa shape index (κ2) is 3.16.